The summed E-state index contributed by atoms with van der Waals surface area (Å²) in [6.45, 7) is 1.28. The molecule has 6 nitrogen and oxygen atoms in total. The molecule has 1 heterocycles. The maximum atomic E-state index is 4.95. The van der Waals surface area contributed by atoms with E-state index in [0.29, 0.717) is 19.1 Å². The zero-order valence-electron chi connectivity index (χ0n) is 9.00. The number of anilines is 1. The third-order valence-electron chi connectivity index (χ3n) is 2.06. The lowest BCUT2D eigenvalue weighted by atomic mass is 10.3. The van der Waals surface area contributed by atoms with Crippen molar-refractivity contribution in [3.8, 4) is 5.69 Å². The van der Waals surface area contributed by atoms with Crippen molar-refractivity contribution in [1.29, 1.82) is 0 Å². The van der Waals surface area contributed by atoms with Crippen LogP contribution in [0.3, 0.4) is 0 Å². The Balaban J connectivity index is 2.13. The van der Waals surface area contributed by atoms with Gasteiger partial charge >= 0.3 is 0 Å². The molecule has 2 rings (SSSR count). The molecule has 0 atom stereocenters. The number of hydrogen-bond acceptors (Lipinski definition) is 5. The predicted molar refractivity (Wildman–Crippen MR) is 59.5 cm³/mol. The number of tetrazole rings is 1. The highest BCUT2D eigenvalue weighted by Crippen LogP contribution is 2.09. The van der Waals surface area contributed by atoms with E-state index in [0.717, 1.165) is 5.69 Å². The van der Waals surface area contributed by atoms with Gasteiger partial charge in [0.15, 0.2) is 0 Å². The smallest absolute Gasteiger partial charge is 0.247 e. The lowest BCUT2D eigenvalue weighted by Crippen LogP contribution is -2.12. The summed E-state index contributed by atoms with van der Waals surface area (Å²) in [6.07, 6.45) is 0. The molecule has 2 aromatic rings. The van der Waals surface area contributed by atoms with Crippen LogP contribution in [0.25, 0.3) is 5.69 Å². The average Bonchev–Trinajstić information content (AvgIpc) is 2.79. The van der Waals surface area contributed by atoms with E-state index in [1.54, 1.807) is 11.8 Å². The SMILES string of the molecule is COCCNc1nnnn1-c1ccccc1. The Morgan fingerprint density at radius 1 is 1.31 bits per heavy atom. The fourth-order valence-electron chi connectivity index (χ4n) is 1.31. The van der Waals surface area contributed by atoms with Gasteiger partial charge in [0.05, 0.1) is 12.3 Å². The summed E-state index contributed by atoms with van der Waals surface area (Å²) in [5.74, 6) is 0.614. The highest BCUT2D eigenvalue weighted by atomic mass is 16.5. The molecule has 0 aliphatic heterocycles. The number of rotatable bonds is 5. The van der Waals surface area contributed by atoms with E-state index in [-0.39, 0.29) is 0 Å². The fraction of sp³-hybridized carbons (Fsp3) is 0.300. The molecule has 1 aromatic carbocycles. The third-order valence-corrected chi connectivity index (χ3v) is 2.06. The molecule has 0 amide bonds. The highest BCUT2D eigenvalue weighted by Gasteiger charge is 2.05. The van der Waals surface area contributed by atoms with Gasteiger partial charge in [0.1, 0.15) is 0 Å². The largest absolute Gasteiger partial charge is 0.383 e. The van der Waals surface area contributed by atoms with Crippen LogP contribution in [0.15, 0.2) is 30.3 Å². The molecule has 16 heavy (non-hydrogen) atoms. The van der Waals surface area contributed by atoms with Crippen molar-refractivity contribution in [3.63, 3.8) is 0 Å². The maximum absolute atomic E-state index is 4.95. The summed E-state index contributed by atoms with van der Waals surface area (Å²) >= 11 is 0. The Morgan fingerprint density at radius 2 is 2.12 bits per heavy atom. The number of aromatic nitrogens is 4. The van der Waals surface area contributed by atoms with E-state index < -0.39 is 0 Å². The van der Waals surface area contributed by atoms with Crippen LogP contribution in [0, 0.1) is 0 Å². The number of ether oxygens (including phenoxy) is 1. The molecular weight excluding hydrogens is 206 g/mol. The van der Waals surface area contributed by atoms with Gasteiger partial charge in [0.25, 0.3) is 0 Å². The monoisotopic (exact) mass is 219 g/mol. The molecule has 0 saturated carbocycles. The molecule has 1 N–H and O–H groups in total. The first kappa shape index (κ1) is 10.6. The minimum Gasteiger partial charge on any atom is -0.383 e. The molecule has 84 valence electrons. The second kappa shape index (κ2) is 5.22. The molecule has 0 saturated heterocycles. The minimum absolute atomic E-state index is 0.613. The maximum Gasteiger partial charge on any atom is 0.247 e. The Labute approximate surface area is 93.2 Å². The molecule has 0 bridgehead atoms. The second-order valence-electron chi connectivity index (χ2n) is 3.17. The van der Waals surface area contributed by atoms with E-state index in [1.165, 1.54) is 0 Å². The fourth-order valence-corrected chi connectivity index (χ4v) is 1.31. The summed E-state index contributed by atoms with van der Waals surface area (Å²) in [4.78, 5) is 0. The van der Waals surface area contributed by atoms with Crippen molar-refractivity contribution in [3.05, 3.63) is 30.3 Å². The van der Waals surface area contributed by atoms with Crippen LogP contribution in [0.5, 0.6) is 0 Å². The highest BCUT2D eigenvalue weighted by molar-refractivity contribution is 5.38. The standard InChI is InChI=1S/C10H13N5O/c1-16-8-7-11-10-12-13-14-15(10)9-5-3-2-4-6-9/h2-6H,7-8H2,1H3,(H,11,12,14). The Kier molecular flexibility index (Phi) is 3.45. The van der Waals surface area contributed by atoms with Crippen molar-refractivity contribution in [2.75, 3.05) is 25.6 Å². The quantitative estimate of drug-likeness (QED) is 0.751. The van der Waals surface area contributed by atoms with Crippen LogP contribution in [-0.4, -0.2) is 40.5 Å². The number of nitrogens with zero attached hydrogens (tertiary/aromatic N) is 4. The van der Waals surface area contributed by atoms with Gasteiger partial charge in [-0.3, -0.25) is 0 Å². The van der Waals surface area contributed by atoms with E-state index in [4.69, 9.17) is 4.74 Å². The lowest BCUT2D eigenvalue weighted by molar-refractivity contribution is 0.210. The van der Waals surface area contributed by atoms with Crippen LogP contribution in [0.2, 0.25) is 0 Å². The molecule has 0 spiro atoms. The topological polar surface area (TPSA) is 64.9 Å². The summed E-state index contributed by atoms with van der Waals surface area (Å²) in [7, 11) is 1.65. The first-order valence-corrected chi connectivity index (χ1v) is 4.98. The van der Waals surface area contributed by atoms with Gasteiger partial charge in [-0.2, -0.15) is 4.68 Å². The lowest BCUT2D eigenvalue weighted by Gasteiger charge is -2.05. The number of benzene rings is 1. The molecular formula is C10H13N5O. The van der Waals surface area contributed by atoms with Crippen LogP contribution < -0.4 is 5.32 Å². The van der Waals surface area contributed by atoms with E-state index in [9.17, 15) is 0 Å². The molecule has 0 aliphatic rings. The normalized spacial score (nSPS) is 10.3. The average molecular weight is 219 g/mol. The molecule has 0 unspecified atom stereocenters. The first-order valence-electron chi connectivity index (χ1n) is 4.98. The van der Waals surface area contributed by atoms with Crippen molar-refractivity contribution >= 4 is 5.95 Å². The minimum atomic E-state index is 0.613. The van der Waals surface area contributed by atoms with Crippen molar-refractivity contribution < 1.29 is 4.74 Å². The van der Waals surface area contributed by atoms with Gasteiger partial charge in [-0.15, -0.1) is 0 Å². The van der Waals surface area contributed by atoms with E-state index in [2.05, 4.69) is 20.8 Å². The summed E-state index contributed by atoms with van der Waals surface area (Å²) < 4.78 is 6.59. The van der Waals surface area contributed by atoms with Crippen LogP contribution >= 0.6 is 0 Å². The van der Waals surface area contributed by atoms with Gasteiger partial charge in [-0.25, -0.2) is 0 Å². The van der Waals surface area contributed by atoms with Gasteiger partial charge in [-0.1, -0.05) is 23.3 Å². The zero-order chi connectivity index (χ0) is 11.2. The first-order chi connectivity index (χ1) is 7.92. The van der Waals surface area contributed by atoms with Gasteiger partial charge in [0, 0.05) is 13.7 Å². The number of methoxy groups -OCH3 is 1. The van der Waals surface area contributed by atoms with E-state index >= 15 is 0 Å². The molecule has 1 aromatic heterocycles. The second-order valence-corrected chi connectivity index (χ2v) is 3.17. The van der Waals surface area contributed by atoms with Crippen molar-refractivity contribution in [2.24, 2.45) is 0 Å². The van der Waals surface area contributed by atoms with Crippen LogP contribution in [0.4, 0.5) is 5.95 Å². The number of para-hydroxylation sites is 1. The predicted octanol–water partition coefficient (Wildman–Crippen LogP) is 0.721. The summed E-state index contributed by atoms with van der Waals surface area (Å²) in [6, 6.07) is 9.72. The third kappa shape index (κ3) is 2.34. The number of hydrogen-bond donors (Lipinski definition) is 1. The van der Waals surface area contributed by atoms with Gasteiger partial charge in [0.2, 0.25) is 5.95 Å². The van der Waals surface area contributed by atoms with Crippen LogP contribution in [-0.2, 0) is 4.74 Å². The number of nitrogens with one attached hydrogen (secondary N) is 1. The molecule has 0 radical (unpaired) electrons. The summed E-state index contributed by atoms with van der Waals surface area (Å²) in [5.41, 5.74) is 0.924. The zero-order valence-corrected chi connectivity index (χ0v) is 9.00. The molecule has 0 fully saturated rings. The Hall–Kier alpha value is -1.95. The summed E-state index contributed by atoms with van der Waals surface area (Å²) in [5, 5.41) is 14.5. The van der Waals surface area contributed by atoms with Crippen molar-refractivity contribution in [1.82, 2.24) is 20.2 Å². The Morgan fingerprint density at radius 3 is 2.88 bits per heavy atom. The van der Waals surface area contributed by atoms with Crippen molar-refractivity contribution in [2.45, 2.75) is 0 Å². The molecule has 0 aliphatic carbocycles. The van der Waals surface area contributed by atoms with E-state index in [1.807, 2.05) is 30.3 Å². The molecule has 6 heteroatoms. The van der Waals surface area contributed by atoms with Gasteiger partial charge in [-0.05, 0) is 22.6 Å². The van der Waals surface area contributed by atoms with Gasteiger partial charge < -0.3 is 10.1 Å². The Bertz CT molecular complexity index is 428. The van der Waals surface area contributed by atoms with Crippen LogP contribution in [0.1, 0.15) is 0 Å².